The van der Waals surface area contributed by atoms with Crippen LogP contribution in [-0.4, -0.2) is 0 Å². The first-order valence-electron chi connectivity index (χ1n) is 6.43. The molecule has 0 saturated heterocycles. The third kappa shape index (κ3) is 4.68. The van der Waals surface area contributed by atoms with E-state index in [1.165, 1.54) is 42.4 Å². The van der Waals surface area contributed by atoms with Crippen molar-refractivity contribution < 1.29 is 0 Å². The maximum atomic E-state index is 4.33. The van der Waals surface area contributed by atoms with Crippen LogP contribution < -0.4 is 0 Å². The Labute approximate surface area is 96.5 Å². The Balaban J connectivity index is 4.68. The van der Waals surface area contributed by atoms with Gasteiger partial charge in [-0.1, -0.05) is 45.8 Å². The van der Waals surface area contributed by atoms with Crippen molar-refractivity contribution in [2.45, 2.75) is 66.7 Å². The minimum absolute atomic E-state index is 0.713. The van der Waals surface area contributed by atoms with E-state index in [1.54, 1.807) is 0 Å². The summed E-state index contributed by atoms with van der Waals surface area (Å²) in [6.45, 7) is 15.5. The molecular weight excluding hydrogens is 180 g/mol. The lowest BCUT2D eigenvalue weighted by Crippen LogP contribution is -2.06. The van der Waals surface area contributed by atoms with E-state index in [2.05, 4.69) is 41.2 Å². The molecule has 0 aromatic carbocycles. The Kier molecular flexibility index (Phi) is 7.46. The van der Waals surface area contributed by atoms with Crippen LogP contribution in [-0.2, 0) is 0 Å². The number of hydrogen-bond donors (Lipinski definition) is 0. The third-order valence-corrected chi connectivity index (χ3v) is 3.11. The van der Waals surface area contributed by atoms with Gasteiger partial charge in [0.2, 0.25) is 0 Å². The van der Waals surface area contributed by atoms with Crippen LogP contribution in [0, 0.1) is 5.92 Å². The first-order chi connectivity index (χ1) is 7.08. The van der Waals surface area contributed by atoms with Crippen molar-refractivity contribution in [2.24, 2.45) is 5.92 Å². The molecule has 0 heterocycles. The minimum Gasteiger partial charge on any atom is -0.0953 e. The second-order valence-corrected chi connectivity index (χ2v) is 4.63. The topological polar surface area (TPSA) is 0 Å². The average Bonchev–Trinajstić information content (AvgIpc) is 2.17. The second-order valence-electron chi connectivity index (χ2n) is 4.63. The van der Waals surface area contributed by atoms with Crippen LogP contribution in [0.5, 0.6) is 0 Å². The van der Waals surface area contributed by atoms with E-state index >= 15 is 0 Å². The smallest absolute Gasteiger partial charge is 0.0165 e. The van der Waals surface area contributed by atoms with Crippen LogP contribution >= 0.6 is 0 Å². The highest BCUT2D eigenvalue weighted by molar-refractivity contribution is 5.33. The number of rotatable bonds is 7. The molecule has 0 N–H and O–H groups in total. The molecule has 0 aliphatic rings. The maximum Gasteiger partial charge on any atom is -0.0165 e. The Morgan fingerprint density at radius 1 is 1.00 bits per heavy atom. The molecule has 0 aromatic rings. The Morgan fingerprint density at radius 3 is 1.73 bits per heavy atom. The largest absolute Gasteiger partial charge is 0.0953 e. The predicted molar refractivity (Wildman–Crippen MR) is 71.1 cm³/mol. The minimum atomic E-state index is 0.713. The first-order valence-corrected chi connectivity index (χ1v) is 6.43. The molecule has 0 aliphatic carbocycles. The lowest BCUT2D eigenvalue weighted by Gasteiger charge is -2.21. The van der Waals surface area contributed by atoms with Crippen LogP contribution in [0.4, 0.5) is 0 Å². The molecule has 0 rings (SSSR count). The van der Waals surface area contributed by atoms with Crippen molar-refractivity contribution in [1.82, 2.24) is 0 Å². The van der Waals surface area contributed by atoms with Gasteiger partial charge in [-0.15, -0.1) is 0 Å². The summed E-state index contributed by atoms with van der Waals surface area (Å²) in [6, 6.07) is 0. The van der Waals surface area contributed by atoms with Gasteiger partial charge in [0.25, 0.3) is 0 Å². The summed E-state index contributed by atoms with van der Waals surface area (Å²) >= 11 is 0. The molecular formula is C15H28. The molecule has 0 bridgehead atoms. The van der Waals surface area contributed by atoms with E-state index in [1.807, 2.05) is 0 Å². The summed E-state index contributed by atoms with van der Waals surface area (Å²) in [5.74, 6) is 0.713. The zero-order valence-electron chi connectivity index (χ0n) is 11.3. The molecule has 0 atom stereocenters. The van der Waals surface area contributed by atoms with Gasteiger partial charge >= 0.3 is 0 Å². The van der Waals surface area contributed by atoms with Gasteiger partial charge in [-0.2, -0.15) is 0 Å². The van der Waals surface area contributed by atoms with Crippen molar-refractivity contribution in [1.29, 1.82) is 0 Å². The van der Waals surface area contributed by atoms with E-state index in [0.29, 0.717) is 5.92 Å². The predicted octanol–water partition coefficient (Wildman–Crippen LogP) is 5.51. The van der Waals surface area contributed by atoms with Gasteiger partial charge in [-0.25, -0.2) is 0 Å². The third-order valence-electron chi connectivity index (χ3n) is 3.11. The monoisotopic (exact) mass is 208 g/mol. The standard InChI is InChI=1S/C15H28/c1-7-10-14(11-8-2)13(6)15(9-3)12(4)5/h14H,6-11H2,1-5H3. The number of allylic oxidation sites excluding steroid dienone is 3. The lowest BCUT2D eigenvalue weighted by molar-refractivity contribution is 0.507. The van der Waals surface area contributed by atoms with Crippen LogP contribution in [0.2, 0.25) is 0 Å². The van der Waals surface area contributed by atoms with Gasteiger partial charge in [0.15, 0.2) is 0 Å². The molecule has 0 fully saturated rings. The molecule has 88 valence electrons. The summed E-state index contributed by atoms with van der Waals surface area (Å²) in [5.41, 5.74) is 4.35. The van der Waals surface area contributed by atoms with E-state index in [9.17, 15) is 0 Å². The quantitative estimate of drug-likeness (QED) is 0.484. The summed E-state index contributed by atoms with van der Waals surface area (Å²) in [5, 5.41) is 0. The van der Waals surface area contributed by atoms with Crippen LogP contribution in [0.15, 0.2) is 23.3 Å². The van der Waals surface area contributed by atoms with Crippen molar-refractivity contribution in [3.63, 3.8) is 0 Å². The molecule has 0 radical (unpaired) electrons. The lowest BCUT2D eigenvalue weighted by atomic mass is 9.84. The Bertz CT molecular complexity index is 210. The molecule has 0 saturated carbocycles. The van der Waals surface area contributed by atoms with Gasteiger partial charge in [-0.05, 0) is 50.2 Å². The molecule has 0 nitrogen and oxygen atoms in total. The normalized spacial score (nSPS) is 10.5. The fraction of sp³-hybridized carbons (Fsp3) is 0.733. The fourth-order valence-electron chi connectivity index (χ4n) is 2.34. The fourth-order valence-corrected chi connectivity index (χ4v) is 2.34. The van der Waals surface area contributed by atoms with Gasteiger partial charge < -0.3 is 0 Å². The summed E-state index contributed by atoms with van der Waals surface area (Å²) in [7, 11) is 0. The zero-order valence-corrected chi connectivity index (χ0v) is 11.3. The van der Waals surface area contributed by atoms with Crippen molar-refractivity contribution in [3.05, 3.63) is 23.3 Å². The van der Waals surface area contributed by atoms with Gasteiger partial charge in [-0.3, -0.25) is 0 Å². The molecule has 0 heteroatoms. The van der Waals surface area contributed by atoms with Crippen LogP contribution in [0.1, 0.15) is 66.7 Å². The zero-order chi connectivity index (χ0) is 11.8. The average molecular weight is 208 g/mol. The van der Waals surface area contributed by atoms with Crippen molar-refractivity contribution in [2.75, 3.05) is 0 Å². The molecule has 0 aliphatic heterocycles. The molecule has 15 heavy (non-hydrogen) atoms. The van der Waals surface area contributed by atoms with E-state index in [0.717, 1.165) is 6.42 Å². The van der Waals surface area contributed by atoms with Crippen LogP contribution in [0.25, 0.3) is 0 Å². The molecule has 0 unspecified atom stereocenters. The molecule has 0 spiro atoms. The highest BCUT2D eigenvalue weighted by Gasteiger charge is 2.14. The highest BCUT2D eigenvalue weighted by Crippen LogP contribution is 2.30. The molecule has 0 aromatic heterocycles. The molecule has 0 amide bonds. The van der Waals surface area contributed by atoms with Gasteiger partial charge in [0, 0.05) is 0 Å². The first kappa shape index (κ1) is 14.5. The SMILES string of the molecule is C=C(C(CC)=C(C)C)C(CCC)CCC. The van der Waals surface area contributed by atoms with E-state index in [4.69, 9.17) is 0 Å². The van der Waals surface area contributed by atoms with Crippen LogP contribution in [0.3, 0.4) is 0 Å². The second kappa shape index (κ2) is 7.73. The van der Waals surface area contributed by atoms with Gasteiger partial charge in [0.1, 0.15) is 0 Å². The van der Waals surface area contributed by atoms with E-state index in [-0.39, 0.29) is 0 Å². The van der Waals surface area contributed by atoms with Crippen molar-refractivity contribution >= 4 is 0 Å². The Hall–Kier alpha value is -0.520. The Morgan fingerprint density at radius 2 is 1.47 bits per heavy atom. The van der Waals surface area contributed by atoms with E-state index < -0.39 is 0 Å². The maximum absolute atomic E-state index is 4.33. The van der Waals surface area contributed by atoms with Crippen molar-refractivity contribution in [3.8, 4) is 0 Å². The highest BCUT2D eigenvalue weighted by atomic mass is 14.2. The number of hydrogen-bond acceptors (Lipinski definition) is 0. The van der Waals surface area contributed by atoms with Gasteiger partial charge in [0.05, 0.1) is 0 Å². The summed E-state index contributed by atoms with van der Waals surface area (Å²) in [6.07, 6.45) is 6.25. The summed E-state index contributed by atoms with van der Waals surface area (Å²) in [4.78, 5) is 0. The summed E-state index contributed by atoms with van der Waals surface area (Å²) < 4.78 is 0.